The number of anilines is 4. The minimum absolute atomic E-state index is 0.0142. The van der Waals surface area contributed by atoms with Gasteiger partial charge in [-0.3, -0.25) is 4.79 Å². The van der Waals surface area contributed by atoms with E-state index >= 15 is 0 Å². The van der Waals surface area contributed by atoms with Crippen molar-refractivity contribution in [3.8, 4) is 11.1 Å². The monoisotopic (exact) mass is 354 g/mol. The van der Waals surface area contributed by atoms with Crippen LogP contribution in [-0.2, 0) is 11.2 Å². The molecule has 8 heteroatoms. The number of carbonyl (C=O) groups is 1. The lowest BCUT2D eigenvalue weighted by atomic mass is 9.97. The Labute approximate surface area is 148 Å². The summed E-state index contributed by atoms with van der Waals surface area (Å²) in [5, 5.41) is 13.0. The number of nitrogens with zero attached hydrogens (tertiary/aromatic N) is 2. The van der Waals surface area contributed by atoms with Gasteiger partial charge in [0, 0.05) is 16.9 Å². The molecule has 0 aliphatic carbocycles. The number of hydrogen-bond donors (Lipinski definition) is 4. The molecule has 1 aliphatic heterocycles. The predicted molar refractivity (Wildman–Crippen MR) is 98.0 cm³/mol. The quantitative estimate of drug-likeness (QED) is 0.577. The third-order valence-electron chi connectivity index (χ3n) is 4.07. The van der Waals surface area contributed by atoms with Crippen molar-refractivity contribution in [3.63, 3.8) is 0 Å². The van der Waals surface area contributed by atoms with Crippen LogP contribution in [0.5, 0.6) is 0 Å². The topological polar surface area (TPSA) is 109 Å². The van der Waals surface area contributed by atoms with Crippen LogP contribution in [0.1, 0.15) is 11.1 Å². The fourth-order valence-electron chi connectivity index (χ4n) is 3.03. The third-order valence-corrected chi connectivity index (χ3v) is 4.36. The van der Waals surface area contributed by atoms with Crippen LogP contribution in [0.15, 0.2) is 30.3 Å². The van der Waals surface area contributed by atoms with Crippen molar-refractivity contribution in [1.29, 1.82) is 0 Å². The van der Waals surface area contributed by atoms with Gasteiger partial charge in [0.05, 0.1) is 11.4 Å². The normalized spacial score (nSPS) is 12.8. The Balaban J connectivity index is 1.69. The average molecular weight is 355 g/mol. The number of fused-ring (bicyclic) bond motifs is 1. The van der Waals surface area contributed by atoms with Gasteiger partial charge in [-0.2, -0.15) is 4.98 Å². The molecule has 0 bridgehead atoms. The van der Waals surface area contributed by atoms with E-state index < -0.39 is 0 Å². The summed E-state index contributed by atoms with van der Waals surface area (Å²) in [6, 6.07) is 9.65. The zero-order valence-corrected chi connectivity index (χ0v) is 14.1. The predicted octanol–water partition coefficient (Wildman–Crippen LogP) is 3.25. The molecule has 1 aromatic heterocycles. The fourth-order valence-corrected chi connectivity index (χ4v) is 3.40. The number of aromatic nitrogens is 3. The molecule has 5 N–H and O–H groups in total. The highest BCUT2D eigenvalue weighted by Crippen LogP contribution is 2.37. The Morgan fingerprint density at radius 2 is 2.12 bits per heavy atom. The van der Waals surface area contributed by atoms with Gasteiger partial charge in [0.15, 0.2) is 0 Å². The highest BCUT2D eigenvalue weighted by molar-refractivity contribution is 6.33. The van der Waals surface area contributed by atoms with Gasteiger partial charge < -0.3 is 16.4 Å². The van der Waals surface area contributed by atoms with Gasteiger partial charge in [-0.15, -0.1) is 5.10 Å². The number of nitrogen functional groups attached to an aromatic ring is 1. The van der Waals surface area contributed by atoms with Gasteiger partial charge in [0.2, 0.25) is 17.8 Å². The highest BCUT2D eigenvalue weighted by atomic mass is 35.5. The van der Waals surface area contributed by atoms with Crippen LogP contribution in [0.4, 0.5) is 23.3 Å². The zero-order chi connectivity index (χ0) is 17.6. The minimum Gasteiger partial charge on any atom is -0.368 e. The van der Waals surface area contributed by atoms with Crippen molar-refractivity contribution in [3.05, 3.63) is 46.5 Å². The molecule has 4 rings (SSSR count). The standard InChI is InChI=1S/C17H15ClN6O/c1-8-4-11(20-17-22-16(19)23-24-17)7-12(18)15(8)9-2-3-13-10(5-9)6-14(25)21-13/h2-5,7H,6H2,1H3,(H,21,25)(H4,19,20,22,23,24). The van der Waals surface area contributed by atoms with E-state index in [1.807, 2.05) is 37.3 Å². The average Bonchev–Trinajstić information content (AvgIpc) is 3.10. The molecule has 0 saturated heterocycles. The van der Waals surface area contributed by atoms with Crippen LogP contribution >= 0.6 is 11.6 Å². The number of aromatic amines is 1. The number of H-pyrrole nitrogens is 1. The molecule has 7 nitrogen and oxygen atoms in total. The number of aryl methyl sites for hydroxylation is 1. The van der Waals surface area contributed by atoms with Crippen LogP contribution in [0.2, 0.25) is 5.02 Å². The number of nitrogens with one attached hydrogen (secondary N) is 3. The van der Waals surface area contributed by atoms with Crippen molar-refractivity contribution in [2.45, 2.75) is 13.3 Å². The Kier molecular flexibility index (Phi) is 3.58. The third kappa shape index (κ3) is 2.89. The van der Waals surface area contributed by atoms with Crippen LogP contribution < -0.4 is 16.4 Å². The second kappa shape index (κ2) is 5.78. The van der Waals surface area contributed by atoms with Gasteiger partial charge in [-0.1, -0.05) is 17.7 Å². The SMILES string of the molecule is Cc1cc(Nc2n[nH]c(N)n2)cc(Cl)c1-c1ccc2c(c1)CC(=O)N2. The maximum atomic E-state index is 11.5. The first kappa shape index (κ1) is 15.5. The van der Waals surface area contributed by atoms with Gasteiger partial charge >= 0.3 is 0 Å². The summed E-state index contributed by atoms with van der Waals surface area (Å²) in [6.07, 6.45) is 0.395. The minimum atomic E-state index is 0.0142. The van der Waals surface area contributed by atoms with Gasteiger partial charge in [0.1, 0.15) is 0 Å². The van der Waals surface area contributed by atoms with E-state index in [1.165, 1.54) is 0 Å². The number of nitrogens with two attached hydrogens (primary N) is 1. The van der Waals surface area contributed by atoms with Crippen molar-refractivity contribution in [2.75, 3.05) is 16.4 Å². The molecule has 0 spiro atoms. The summed E-state index contributed by atoms with van der Waals surface area (Å²) < 4.78 is 0. The second-order valence-corrected chi connectivity index (χ2v) is 6.32. The number of halogens is 1. The molecule has 25 heavy (non-hydrogen) atoms. The molecule has 3 aromatic rings. The smallest absolute Gasteiger partial charge is 0.248 e. The largest absolute Gasteiger partial charge is 0.368 e. The van der Waals surface area contributed by atoms with Crippen LogP contribution in [-0.4, -0.2) is 21.1 Å². The molecule has 2 heterocycles. The molecule has 126 valence electrons. The summed E-state index contributed by atoms with van der Waals surface area (Å²) in [5.41, 5.74) is 11.0. The number of carbonyl (C=O) groups excluding carboxylic acids is 1. The number of hydrogen-bond acceptors (Lipinski definition) is 5. The zero-order valence-electron chi connectivity index (χ0n) is 13.4. The van der Waals surface area contributed by atoms with E-state index in [2.05, 4.69) is 25.8 Å². The summed E-state index contributed by atoms with van der Waals surface area (Å²) >= 11 is 6.52. The molecule has 1 aliphatic rings. The summed E-state index contributed by atoms with van der Waals surface area (Å²) in [5.74, 6) is 0.631. The Bertz CT molecular complexity index is 974. The lowest BCUT2D eigenvalue weighted by Gasteiger charge is -2.13. The van der Waals surface area contributed by atoms with Gasteiger partial charge in [0.25, 0.3) is 0 Å². The Morgan fingerprint density at radius 1 is 1.28 bits per heavy atom. The number of amides is 1. The maximum absolute atomic E-state index is 11.5. The lowest BCUT2D eigenvalue weighted by molar-refractivity contribution is -0.115. The van der Waals surface area contributed by atoms with Crippen LogP contribution in [0, 0.1) is 6.92 Å². The van der Waals surface area contributed by atoms with E-state index in [-0.39, 0.29) is 11.9 Å². The van der Waals surface area contributed by atoms with Crippen LogP contribution in [0.25, 0.3) is 11.1 Å². The Morgan fingerprint density at radius 3 is 2.84 bits per heavy atom. The van der Waals surface area contributed by atoms with Crippen molar-refractivity contribution in [1.82, 2.24) is 15.2 Å². The number of benzene rings is 2. The van der Waals surface area contributed by atoms with Crippen LogP contribution in [0.3, 0.4) is 0 Å². The first-order valence-electron chi connectivity index (χ1n) is 7.68. The molecule has 2 aromatic carbocycles. The first-order valence-corrected chi connectivity index (χ1v) is 8.05. The maximum Gasteiger partial charge on any atom is 0.248 e. The molecule has 1 amide bonds. The molecular weight excluding hydrogens is 340 g/mol. The van der Waals surface area contributed by atoms with E-state index in [9.17, 15) is 4.79 Å². The molecule has 0 unspecified atom stereocenters. The van der Waals surface area contributed by atoms with E-state index in [1.54, 1.807) is 0 Å². The van der Waals surface area contributed by atoms with E-state index in [4.69, 9.17) is 17.3 Å². The highest BCUT2D eigenvalue weighted by Gasteiger charge is 2.19. The molecule has 0 fully saturated rings. The Hall–Kier alpha value is -3.06. The van der Waals surface area contributed by atoms with Gasteiger partial charge in [-0.25, -0.2) is 5.10 Å². The van der Waals surface area contributed by atoms with Crippen molar-refractivity contribution < 1.29 is 4.79 Å². The van der Waals surface area contributed by atoms with Crippen molar-refractivity contribution >= 4 is 40.8 Å². The van der Waals surface area contributed by atoms with E-state index in [0.29, 0.717) is 17.4 Å². The first-order chi connectivity index (χ1) is 12.0. The molecule has 0 radical (unpaired) electrons. The fraction of sp³-hybridized carbons (Fsp3) is 0.118. The van der Waals surface area contributed by atoms with Crippen molar-refractivity contribution in [2.24, 2.45) is 0 Å². The second-order valence-electron chi connectivity index (χ2n) is 5.92. The van der Waals surface area contributed by atoms with E-state index in [0.717, 1.165) is 33.6 Å². The molecule has 0 saturated carbocycles. The molecular formula is C17H15ClN6O. The lowest BCUT2D eigenvalue weighted by Crippen LogP contribution is -2.03. The summed E-state index contributed by atoms with van der Waals surface area (Å²) in [6.45, 7) is 1.98. The molecule has 0 atom stereocenters. The van der Waals surface area contributed by atoms with Gasteiger partial charge in [-0.05, 0) is 47.9 Å². The summed E-state index contributed by atoms with van der Waals surface area (Å²) in [7, 11) is 0. The summed E-state index contributed by atoms with van der Waals surface area (Å²) in [4.78, 5) is 15.5. The number of rotatable bonds is 3.